The van der Waals surface area contributed by atoms with Gasteiger partial charge >= 0.3 is 5.97 Å². The third kappa shape index (κ3) is 6.12. The molecule has 0 spiro atoms. The first-order valence-electron chi connectivity index (χ1n) is 8.85. The minimum absolute atomic E-state index is 0.127. The van der Waals surface area contributed by atoms with Gasteiger partial charge in [-0.1, -0.05) is 42.6 Å². The molecule has 26 heavy (non-hydrogen) atoms. The zero-order valence-corrected chi connectivity index (χ0v) is 16.7. The summed E-state index contributed by atoms with van der Waals surface area (Å²) in [6, 6.07) is 6.90. The lowest BCUT2D eigenvalue weighted by Crippen LogP contribution is -2.45. The van der Waals surface area contributed by atoms with Gasteiger partial charge in [0.25, 0.3) is 11.8 Å². The molecule has 1 aromatic rings. The molecule has 0 saturated heterocycles. The number of halogens is 1. The molecule has 3 atom stereocenters. The first kappa shape index (κ1) is 20.4. The minimum atomic E-state index is -0.643. The topological polar surface area (TPSA) is 84.5 Å². The molecule has 6 nitrogen and oxygen atoms in total. The normalized spacial score (nSPS) is 22.3. The van der Waals surface area contributed by atoms with Crippen molar-refractivity contribution in [1.29, 1.82) is 0 Å². The van der Waals surface area contributed by atoms with Crippen LogP contribution in [0.3, 0.4) is 0 Å². The maximum Gasteiger partial charge on any atom is 0.325 e. The van der Waals surface area contributed by atoms with Gasteiger partial charge < -0.3 is 15.4 Å². The molecule has 1 saturated carbocycles. The molecule has 1 aromatic carbocycles. The predicted octanol–water partition coefficient (Wildman–Crippen LogP) is 2.66. The van der Waals surface area contributed by atoms with Gasteiger partial charge in [-0.25, -0.2) is 0 Å². The van der Waals surface area contributed by atoms with Crippen LogP contribution in [0.2, 0.25) is 0 Å². The predicted molar refractivity (Wildman–Crippen MR) is 102 cm³/mol. The molecule has 0 aromatic heterocycles. The van der Waals surface area contributed by atoms with Gasteiger partial charge in [0.05, 0.1) is 0 Å². The molecule has 0 radical (unpaired) electrons. The van der Waals surface area contributed by atoms with E-state index in [2.05, 4.69) is 40.4 Å². The maximum atomic E-state index is 12.0. The summed E-state index contributed by atoms with van der Waals surface area (Å²) in [5.74, 6) is -0.331. The van der Waals surface area contributed by atoms with Crippen molar-refractivity contribution in [2.24, 2.45) is 11.8 Å². The molecule has 7 heteroatoms. The number of hydrogen-bond donors (Lipinski definition) is 2. The number of nitrogens with one attached hydrogen (secondary N) is 2. The Labute approximate surface area is 162 Å². The fraction of sp³-hybridized carbons (Fsp3) is 0.526. The van der Waals surface area contributed by atoms with E-state index in [1.165, 1.54) is 6.42 Å². The number of hydrogen-bond acceptors (Lipinski definition) is 4. The van der Waals surface area contributed by atoms with Crippen LogP contribution in [0.4, 0.5) is 0 Å². The highest BCUT2D eigenvalue weighted by atomic mass is 79.9. The summed E-state index contributed by atoms with van der Waals surface area (Å²) in [6.45, 7) is 3.72. The Hall–Kier alpha value is -1.89. The molecule has 1 aliphatic rings. The van der Waals surface area contributed by atoms with E-state index in [1.54, 1.807) is 24.3 Å². The smallest absolute Gasteiger partial charge is 0.325 e. The van der Waals surface area contributed by atoms with Crippen LogP contribution in [0.1, 0.15) is 43.5 Å². The zero-order valence-electron chi connectivity index (χ0n) is 15.1. The van der Waals surface area contributed by atoms with Gasteiger partial charge in [-0.3, -0.25) is 14.4 Å². The Morgan fingerprint density at radius 1 is 1.15 bits per heavy atom. The fourth-order valence-electron chi connectivity index (χ4n) is 3.09. The Balaban J connectivity index is 1.68. The van der Waals surface area contributed by atoms with Crippen molar-refractivity contribution in [2.75, 3.05) is 13.2 Å². The van der Waals surface area contributed by atoms with Crippen molar-refractivity contribution in [2.45, 2.75) is 39.2 Å². The number of carbonyl (C=O) groups excluding carboxylic acids is 3. The molecule has 1 aliphatic carbocycles. The summed E-state index contributed by atoms with van der Waals surface area (Å²) in [5.41, 5.74) is 0.444. The van der Waals surface area contributed by atoms with Crippen LogP contribution < -0.4 is 10.6 Å². The highest BCUT2D eigenvalue weighted by Crippen LogP contribution is 2.29. The van der Waals surface area contributed by atoms with Crippen LogP contribution >= 0.6 is 15.9 Å². The van der Waals surface area contributed by atoms with Gasteiger partial charge in [0.2, 0.25) is 0 Å². The van der Waals surface area contributed by atoms with E-state index in [9.17, 15) is 14.4 Å². The molecule has 0 heterocycles. The van der Waals surface area contributed by atoms with Gasteiger partial charge in [0.1, 0.15) is 6.54 Å². The van der Waals surface area contributed by atoms with Crippen LogP contribution in [0.15, 0.2) is 28.7 Å². The van der Waals surface area contributed by atoms with Crippen LogP contribution in [-0.2, 0) is 14.3 Å². The second-order valence-corrected chi connectivity index (χ2v) is 7.71. The number of esters is 1. The summed E-state index contributed by atoms with van der Waals surface area (Å²) in [5, 5.41) is 5.42. The highest BCUT2D eigenvalue weighted by Gasteiger charge is 2.28. The number of amides is 2. The second kappa shape index (κ2) is 9.71. The van der Waals surface area contributed by atoms with Crippen molar-refractivity contribution in [3.05, 3.63) is 34.3 Å². The summed E-state index contributed by atoms with van der Waals surface area (Å²) >= 11 is 3.29. The van der Waals surface area contributed by atoms with Crippen LogP contribution in [-0.4, -0.2) is 37.0 Å². The average Bonchev–Trinajstić information content (AvgIpc) is 2.62. The first-order chi connectivity index (χ1) is 12.4. The van der Waals surface area contributed by atoms with Crippen molar-refractivity contribution in [1.82, 2.24) is 10.6 Å². The van der Waals surface area contributed by atoms with Crippen molar-refractivity contribution < 1.29 is 19.1 Å². The van der Waals surface area contributed by atoms with Crippen molar-refractivity contribution in [3.8, 4) is 0 Å². The van der Waals surface area contributed by atoms with E-state index >= 15 is 0 Å². The van der Waals surface area contributed by atoms with Crippen LogP contribution in [0, 0.1) is 11.8 Å². The fourth-order valence-corrected chi connectivity index (χ4v) is 3.35. The zero-order chi connectivity index (χ0) is 19.1. The monoisotopic (exact) mass is 424 g/mol. The van der Waals surface area contributed by atoms with Crippen molar-refractivity contribution in [3.63, 3.8) is 0 Å². The second-order valence-electron chi connectivity index (χ2n) is 6.79. The maximum absolute atomic E-state index is 12.0. The average molecular weight is 425 g/mol. The Bertz CT molecular complexity index is 647. The molecule has 0 bridgehead atoms. The summed E-state index contributed by atoms with van der Waals surface area (Å²) < 4.78 is 5.80. The third-order valence-corrected chi connectivity index (χ3v) is 5.45. The van der Waals surface area contributed by atoms with Gasteiger partial charge in [0.15, 0.2) is 6.61 Å². The van der Waals surface area contributed by atoms with Gasteiger partial charge in [-0.2, -0.15) is 0 Å². The quantitative estimate of drug-likeness (QED) is 0.687. The summed E-state index contributed by atoms with van der Waals surface area (Å²) in [4.78, 5) is 35.6. The van der Waals surface area contributed by atoms with E-state index in [4.69, 9.17) is 4.74 Å². The van der Waals surface area contributed by atoms with E-state index < -0.39 is 5.97 Å². The summed E-state index contributed by atoms with van der Waals surface area (Å²) in [6.07, 6.45) is 3.23. The molecular formula is C19H25BrN2O4. The van der Waals surface area contributed by atoms with E-state index in [0.717, 1.165) is 17.3 Å². The van der Waals surface area contributed by atoms with E-state index in [1.807, 2.05) is 0 Å². The van der Waals surface area contributed by atoms with E-state index in [-0.39, 0.29) is 31.0 Å². The lowest BCUT2D eigenvalue weighted by atomic mass is 9.78. The van der Waals surface area contributed by atoms with Gasteiger partial charge in [0, 0.05) is 16.1 Å². The molecule has 1 fully saturated rings. The third-order valence-electron chi connectivity index (χ3n) is 4.92. The number of ether oxygens (including phenoxy) is 1. The molecule has 0 aliphatic heterocycles. The van der Waals surface area contributed by atoms with Gasteiger partial charge in [-0.05, 0) is 42.5 Å². The Morgan fingerprint density at radius 2 is 1.85 bits per heavy atom. The number of carbonyl (C=O) groups is 3. The minimum Gasteiger partial charge on any atom is -0.454 e. The first-order valence-corrected chi connectivity index (χ1v) is 9.65. The number of benzene rings is 1. The molecule has 2 rings (SSSR count). The van der Waals surface area contributed by atoms with E-state index in [0.29, 0.717) is 17.4 Å². The Morgan fingerprint density at radius 3 is 2.54 bits per heavy atom. The van der Waals surface area contributed by atoms with Crippen LogP contribution in [0.25, 0.3) is 0 Å². The van der Waals surface area contributed by atoms with Gasteiger partial charge in [-0.15, -0.1) is 0 Å². The lowest BCUT2D eigenvalue weighted by molar-refractivity contribution is -0.147. The standard InChI is InChI=1S/C19H25BrN2O4/c1-12-4-3-5-16(13(12)2)22-17(23)11-26-18(24)10-21-19(25)14-6-8-15(20)9-7-14/h6-9,12-13,16H,3-5,10-11H2,1-2H3,(H,21,25)(H,22,23)/t12-,13-,16-/m1/s1. The number of rotatable bonds is 6. The molecule has 2 N–H and O–H groups in total. The molecule has 2 amide bonds. The highest BCUT2D eigenvalue weighted by molar-refractivity contribution is 9.10. The largest absolute Gasteiger partial charge is 0.454 e. The Kier molecular flexibility index (Phi) is 7.63. The van der Waals surface area contributed by atoms with Crippen molar-refractivity contribution >= 4 is 33.7 Å². The lowest BCUT2D eigenvalue weighted by Gasteiger charge is -2.34. The van der Waals surface area contributed by atoms with Crippen LogP contribution in [0.5, 0.6) is 0 Å². The molecule has 142 valence electrons. The molecule has 0 unspecified atom stereocenters. The molecular weight excluding hydrogens is 400 g/mol. The summed E-state index contributed by atoms with van der Waals surface area (Å²) in [7, 11) is 0. The SMILES string of the molecule is C[C@@H]1[C@H](C)CCC[C@H]1NC(=O)COC(=O)CNC(=O)c1ccc(Br)cc1.